The molecular formula is C24H25NO. The van der Waals surface area contributed by atoms with Crippen LogP contribution in [0.25, 0.3) is 11.6 Å². The standard InChI is InChI=1S/C24H25NO/c1-3-5-21-10-12-24(13-11-21)20(2)8-9-22-6-4-7-23(18-22)19-25-14-16-26-17-15-25/h3-7,10-13,18H,2,14-17,19H2,1H3/b5-3+. The quantitative estimate of drug-likeness (QED) is 0.751. The zero-order valence-electron chi connectivity index (χ0n) is 15.4. The highest BCUT2D eigenvalue weighted by molar-refractivity contribution is 5.78. The zero-order valence-corrected chi connectivity index (χ0v) is 15.4. The molecule has 0 N–H and O–H groups in total. The van der Waals surface area contributed by atoms with Crippen molar-refractivity contribution in [1.29, 1.82) is 0 Å². The number of hydrogen-bond donors (Lipinski definition) is 0. The van der Waals surface area contributed by atoms with Gasteiger partial charge < -0.3 is 4.74 Å². The normalized spacial score (nSPS) is 14.8. The molecule has 0 saturated carbocycles. The molecule has 26 heavy (non-hydrogen) atoms. The largest absolute Gasteiger partial charge is 0.379 e. The first kappa shape index (κ1) is 18.2. The molecule has 0 radical (unpaired) electrons. The van der Waals surface area contributed by atoms with Crippen molar-refractivity contribution in [2.45, 2.75) is 13.5 Å². The average Bonchev–Trinajstić information content (AvgIpc) is 2.68. The Hall–Kier alpha value is -2.60. The first-order valence-corrected chi connectivity index (χ1v) is 9.08. The molecule has 2 aromatic rings. The van der Waals surface area contributed by atoms with Crippen LogP contribution in [0, 0.1) is 11.8 Å². The number of benzene rings is 2. The second-order valence-electron chi connectivity index (χ2n) is 6.44. The van der Waals surface area contributed by atoms with Crippen LogP contribution in [0.5, 0.6) is 0 Å². The number of morpholine rings is 1. The summed E-state index contributed by atoms with van der Waals surface area (Å²) < 4.78 is 5.41. The molecule has 2 heteroatoms. The lowest BCUT2D eigenvalue weighted by Crippen LogP contribution is -2.35. The van der Waals surface area contributed by atoms with Gasteiger partial charge in [0.1, 0.15) is 0 Å². The van der Waals surface area contributed by atoms with E-state index in [4.69, 9.17) is 4.74 Å². The van der Waals surface area contributed by atoms with Crippen molar-refractivity contribution in [1.82, 2.24) is 4.90 Å². The molecule has 0 unspecified atom stereocenters. The summed E-state index contributed by atoms with van der Waals surface area (Å²) in [6.07, 6.45) is 4.12. The molecule has 132 valence electrons. The molecule has 1 heterocycles. The van der Waals surface area contributed by atoms with Crippen LogP contribution in [0.2, 0.25) is 0 Å². The summed E-state index contributed by atoms with van der Waals surface area (Å²) in [6, 6.07) is 16.8. The summed E-state index contributed by atoms with van der Waals surface area (Å²) in [4.78, 5) is 2.42. The molecule has 0 atom stereocenters. The summed E-state index contributed by atoms with van der Waals surface area (Å²) in [6.45, 7) is 10.7. The minimum Gasteiger partial charge on any atom is -0.379 e. The lowest BCUT2D eigenvalue weighted by Gasteiger charge is -2.26. The number of hydrogen-bond acceptors (Lipinski definition) is 2. The van der Waals surface area contributed by atoms with E-state index in [9.17, 15) is 0 Å². The molecule has 1 saturated heterocycles. The summed E-state index contributed by atoms with van der Waals surface area (Å²) >= 11 is 0. The fraction of sp³-hybridized carbons (Fsp3) is 0.250. The summed E-state index contributed by atoms with van der Waals surface area (Å²) in [5, 5.41) is 0. The van der Waals surface area contributed by atoms with Gasteiger partial charge >= 0.3 is 0 Å². The van der Waals surface area contributed by atoms with Crippen LogP contribution in [0.3, 0.4) is 0 Å². The maximum atomic E-state index is 5.41. The fourth-order valence-corrected chi connectivity index (χ4v) is 2.97. The van der Waals surface area contributed by atoms with Crippen LogP contribution in [0.15, 0.2) is 61.2 Å². The second kappa shape index (κ2) is 9.20. The van der Waals surface area contributed by atoms with Gasteiger partial charge in [-0.15, -0.1) is 0 Å². The third-order valence-electron chi connectivity index (χ3n) is 4.41. The van der Waals surface area contributed by atoms with E-state index in [-0.39, 0.29) is 0 Å². The molecule has 0 aliphatic carbocycles. The first-order valence-electron chi connectivity index (χ1n) is 9.08. The molecule has 0 bridgehead atoms. The average molecular weight is 343 g/mol. The Labute approximate surface area is 156 Å². The smallest absolute Gasteiger partial charge is 0.0594 e. The molecule has 0 amide bonds. The maximum Gasteiger partial charge on any atom is 0.0594 e. The van der Waals surface area contributed by atoms with Crippen molar-refractivity contribution in [3.05, 3.63) is 83.4 Å². The van der Waals surface area contributed by atoms with E-state index < -0.39 is 0 Å². The van der Waals surface area contributed by atoms with Gasteiger partial charge in [-0.25, -0.2) is 0 Å². The van der Waals surface area contributed by atoms with Crippen molar-refractivity contribution in [3.63, 3.8) is 0 Å². The Morgan fingerprint density at radius 3 is 2.65 bits per heavy atom. The van der Waals surface area contributed by atoms with Gasteiger partial charge in [0.15, 0.2) is 0 Å². The van der Waals surface area contributed by atoms with E-state index >= 15 is 0 Å². The molecule has 1 aliphatic heterocycles. The van der Waals surface area contributed by atoms with Crippen LogP contribution in [-0.2, 0) is 11.3 Å². The van der Waals surface area contributed by atoms with E-state index in [0.29, 0.717) is 0 Å². The first-order chi connectivity index (χ1) is 12.7. The maximum absolute atomic E-state index is 5.41. The van der Waals surface area contributed by atoms with Gasteiger partial charge in [-0.05, 0) is 35.7 Å². The van der Waals surface area contributed by atoms with Gasteiger partial charge in [0.2, 0.25) is 0 Å². The third kappa shape index (κ3) is 5.20. The lowest BCUT2D eigenvalue weighted by molar-refractivity contribution is 0.0342. The number of ether oxygens (including phenoxy) is 1. The van der Waals surface area contributed by atoms with E-state index in [1.54, 1.807) is 0 Å². The summed E-state index contributed by atoms with van der Waals surface area (Å²) in [5.41, 5.74) is 5.42. The van der Waals surface area contributed by atoms with Crippen LogP contribution in [0.4, 0.5) is 0 Å². The molecule has 1 aliphatic rings. The number of nitrogens with zero attached hydrogens (tertiary/aromatic N) is 1. The highest BCUT2D eigenvalue weighted by Gasteiger charge is 2.10. The fourth-order valence-electron chi connectivity index (χ4n) is 2.97. The van der Waals surface area contributed by atoms with E-state index in [2.05, 4.69) is 77.9 Å². The van der Waals surface area contributed by atoms with Crippen LogP contribution in [0.1, 0.15) is 29.2 Å². The van der Waals surface area contributed by atoms with Gasteiger partial charge in [0.05, 0.1) is 13.2 Å². The van der Waals surface area contributed by atoms with Gasteiger partial charge in [-0.2, -0.15) is 0 Å². The van der Waals surface area contributed by atoms with Gasteiger partial charge in [0.25, 0.3) is 0 Å². The topological polar surface area (TPSA) is 12.5 Å². The van der Waals surface area contributed by atoms with E-state index in [0.717, 1.165) is 49.5 Å². The van der Waals surface area contributed by atoms with E-state index in [1.165, 1.54) is 11.1 Å². The van der Waals surface area contributed by atoms with E-state index in [1.807, 2.05) is 13.0 Å². The molecular weight excluding hydrogens is 318 g/mol. The third-order valence-corrected chi connectivity index (χ3v) is 4.41. The lowest BCUT2D eigenvalue weighted by atomic mass is 10.0. The van der Waals surface area contributed by atoms with Crippen LogP contribution < -0.4 is 0 Å². The number of rotatable bonds is 4. The monoisotopic (exact) mass is 343 g/mol. The minimum absolute atomic E-state index is 0.826. The Morgan fingerprint density at radius 1 is 1.15 bits per heavy atom. The molecule has 3 rings (SSSR count). The molecule has 1 fully saturated rings. The SMILES string of the molecule is C=C(C#Cc1cccc(CN2CCOCC2)c1)c1ccc(/C=C/C)cc1. The molecule has 2 aromatic carbocycles. The Kier molecular flexibility index (Phi) is 6.44. The molecule has 0 aromatic heterocycles. The van der Waals surface area contributed by atoms with Gasteiger partial charge in [-0.1, -0.05) is 67.0 Å². The van der Waals surface area contributed by atoms with Gasteiger partial charge in [0, 0.05) is 30.8 Å². The Bertz CT molecular complexity index is 831. The van der Waals surface area contributed by atoms with Crippen molar-refractivity contribution >= 4 is 11.6 Å². The second-order valence-corrected chi connectivity index (χ2v) is 6.44. The van der Waals surface area contributed by atoms with Crippen LogP contribution >= 0.6 is 0 Å². The predicted octanol–water partition coefficient (Wildman–Crippen LogP) is 4.62. The zero-order chi connectivity index (χ0) is 18.2. The van der Waals surface area contributed by atoms with Crippen molar-refractivity contribution in [2.24, 2.45) is 0 Å². The minimum atomic E-state index is 0.826. The van der Waals surface area contributed by atoms with Crippen LogP contribution in [-0.4, -0.2) is 31.2 Å². The molecule has 0 spiro atoms. The Morgan fingerprint density at radius 2 is 1.92 bits per heavy atom. The molecule has 2 nitrogen and oxygen atoms in total. The van der Waals surface area contributed by atoms with Crippen molar-refractivity contribution in [2.75, 3.05) is 26.3 Å². The summed E-state index contributed by atoms with van der Waals surface area (Å²) in [7, 11) is 0. The predicted molar refractivity (Wildman–Crippen MR) is 110 cm³/mol. The highest BCUT2D eigenvalue weighted by atomic mass is 16.5. The van der Waals surface area contributed by atoms with Crippen molar-refractivity contribution in [3.8, 4) is 11.8 Å². The highest BCUT2D eigenvalue weighted by Crippen LogP contribution is 2.14. The summed E-state index contributed by atoms with van der Waals surface area (Å²) in [5.74, 6) is 6.46. The Balaban J connectivity index is 1.66. The van der Waals surface area contributed by atoms with Crippen molar-refractivity contribution < 1.29 is 4.74 Å². The number of allylic oxidation sites excluding steroid dienone is 2. The van der Waals surface area contributed by atoms with Gasteiger partial charge in [-0.3, -0.25) is 4.90 Å².